The number of rotatable bonds is 2. The molecule has 0 aliphatic rings. The van der Waals surface area contributed by atoms with Crippen molar-refractivity contribution in [2.45, 2.75) is 26.8 Å². The predicted molar refractivity (Wildman–Crippen MR) is 51.0 cm³/mol. The molecule has 1 rings (SSSR count). The molecular formula is C9H12N2S. The van der Waals surface area contributed by atoms with Gasteiger partial charge in [-0.25, -0.2) is 0 Å². The highest BCUT2D eigenvalue weighted by molar-refractivity contribution is 7.12. The maximum Gasteiger partial charge on any atom is 0.177 e. The Balaban J connectivity index is 2.88. The summed E-state index contributed by atoms with van der Waals surface area (Å²) >= 11 is 1.77. The molecule has 0 aliphatic carbocycles. The molecule has 1 unspecified atom stereocenters. The minimum Gasteiger partial charge on any atom is -0.317 e. The highest BCUT2D eigenvalue weighted by atomic mass is 32.1. The fourth-order valence-corrected chi connectivity index (χ4v) is 2.28. The number of aryl methyl sites for hydroxylation is 2. The quantitative estimate of drug-likeness (QED) is 0.560. The average Bonchev–Trinajstić information content (AvgIpc) is 2.30. The van der Waals surface area contributed by atoms with Crippen molar-refractivity contribution < 1.29 is 0 Å². The normalized spacial score (nSPS) is 12.2. The van der Waals surface area contributed by atoms with Gasteiger partial charge in [0.15, 0.2) is 6.19 Å². The zero-order valence-corrected chi connectivity index (χ0v) is 8.33. The topological polar surface area (TPSA) is 35.8 Å². The first-order valence-corrected chi connectivity index (χ1v) is 4.68. The van der Waals surface area contributed by atoms with Crippen LogP contribution in [0.2, 0.25) is 0 Å². The minimum atomic E-state index is 0.139. The largest absolute Gasteiger partial charge is 0.317 e. The summed E-state index contributed by atoms with van der Waals surface area (Å²) in [5.41, 5.74) is 1.24. The van der Waals surface area contributed by atoms with E-state index in [1.54, 1.807) is 11.3 Å². The smallest absolute Gasteiger partial charge is 0.177 e. The van der Waals surface area contributed by atoms with E-state index in [-0.39, 0.29) is 6.04 Å². The van der Waals surface area contributed by atoms with Gasteiger partial charge in [-0.3, -0.25) is 0 Å². The molecule has 0 radical (unpaired) electrons. The van der Waals surface area contributed by atoms with Gasteiger partial charge in [0.05, 0.1) is 6.04 Å². The summed E-state index contributed by atoms with van der Waals surface area (Å²) in [5.74, 6) is 0. The third-order valence-electron chi connectivity index (χ3n) is 1.83. The van der Waals surface area contributed by atoms with E-state index in [2.05, 4.69) is 25.2 Å². The molecule has 0 saturated heterocycles. The van der Waals surface area contributed by atoms with E-state index in [9.17, 15) is 0 Å². The number of thiophene rings is 1. The Labute approximate surface area is 76.8 Å². The third-order valence-corrected chi connectivity index (χ3v) is 2.81. The molecule has 1 aromatic heterocycles. The highest BCUT2D eigenvalue weighted by Gasteiger charge is 2.09. The summed E-state index contributed by atoms with van der Waals surface area (Å²) in [5, 5.41) is 11.2. The molecule has 0 amide bonds. The molecule has 64 valence electrons. The van der Waals surface area contributed by atoms with E-state index < -0.39 is 0 Å². The van der Waals surface area contributed by atoms with E-state index in [1.165, 1.54) is 15.3 Å². The molecule has 0 saturated carbocycles. The first kappa shape index (κ1) is 9.08. The molecule has 3 heteroatoms. The van der Waals surface area contributed by atoms with Crippen LogP contribution in [0.25, 0.3) is 0 Å². The van der Waals surface area contributed by atoms with Crippen LogP contribution >= 0.6 is 11.3 Å². The monoisotopic (exact) mass is 180 g/mol. The molecule has 1 heterocycles. The molecule has 12 heavy (non-hydrogen) atoms. The molecule has 0 aliphatic heterocycles. The van der Waals surface area contributed by atoms with Gasteiger partial charge in [-0.2, -0.15) is 5.26 Å². The zero-order valence-electron chi connectivity index (χ0n) is 7.51. The number of hydrogen-bond acceptors (Lipinski definition) is 3. The lowest BCUT2D eigenvalue weighted by Gasteiger charge is -2.07. The molecule has 0 spiro atoms. The molecule has 0 aromatic carbocycles. The number of nitriles is 1. The molecule has 0 bridgehead atoms. The minimum absolute atomic E-state index is 0.139. The molecule has 1 atom stereocenters. The summed E-state index contributed by atoms with van der Waals surface area (Å²) in [7, 11) is 0. The number of nitrogens with one attached hydrogen (secondary N) is 1. The van der Waals surface area contributed by atoms with Crippen molar-refractivity contribution in [1.29, 1.82) is 5.26 Å². The Morgan fingerprint density at radius 3 is 2.67 bits per heavy atom. The van der Waals surface area contributed by atoms with Gasteiger partial charge < -0.3 is 5.32 Å². The Hall–Kier alpha value is -1.01. The molecule has 1 aromatic rings. The SMILES string of the molecule is Cc1cc(C(C)NC#N)c(C)s1. The summed E-state index contributed by atoms with van der Waals surface area (Å²) in [6.45, 7) is 6.17. The number of nitrogens with zero attached hydrogens (tertiary/aromatic N) is 1. The van der Waals surface area contributed by atoms with Gasteiger partial charge in [-0.05, 0) is 32.4 Å². The highest BCUT2D eigenvalue weighted by Crippen LogP contribution is 2.25. The average molecular weight is 180 g/mol. The zero-order chi connectivity index (χ0) is 9.14. The third kappa shape index (κ3) is 1.77. The lowest BCUT2D eigenvalue weighted by atomic mass is 10.1. The molecule has 2 nitrogen and oxygen atoms in total. The van der Waals surface area contributed by atoms with Crippen LogP contribution in [-0.2, 0) is 0 Å². The molecule has 0 fully saturated rings. The van der Waals surface area contributed by atoms with Crippen LogP contribution in [0.1, 0.15) is 28.3 Å². The predicted octanol–water partition coefficient (Wildman–Crippen LogP) is 2.50. The van der Waals surface area contributed by atoms with Crippen LogP contribution in [0.3, 0.4) is 0 Å². The molecule has 1 N–H and O–H groups in total. The van der Waals surface area contributed by atoms with Crippen molar-refractivity contribution in [3.63, 3.8) is 0 Å². The lowest BCUT2D eigenvalue weighted by molar-refractivity contribution is 0.696. The summed E-state index contributed by atoms with van der Waals surface area (Å²) in [4.78, 5) is 2.59. The van der Waals surface area contributed by atoms with Gasteiger partial charge in [0, 0.05) is 9.75 Å². The van der Waals surface area contributed by atoms with Gasteiger partial charge in [0.25, 0.3) is 0 Å². The molecular weight excluding hydrogens is 168 g/mol. The summed E-state index contributed by atoms with van der Waals surface area (Å²) in [6.07, 6.45) is 1.96. The Morgan fingerprint density at radius 2 is 2.25 bits per heavy atom. The van der Waals surface area contributed by atoms with Crippen LogP contribution < -0.4 is 5.32 Å². The van der Waals surface area contributed by atoms with Crippen molar-refractivity contribution in [1.82, 2.24) is 5.32 Å². The van der Waals surface area contributed by atoms with Crippen LogP contribution in [0, 0.1) is 25.3 Å². The lowest BCUT2D eigenvalue weighted by Crippen LogP contribution is -2.11. The Kier molecular flexibility index (Phi) is 2.72. The van der Waals surface area contributed by atoms with E-state index in [1.807, 2.05) is 13.1 Å². The second-order valence-corrected chi connectivity index (χ2v) is 4.31. The first-order valence-electron chi connectivity index (χ1n) is 3.86. The van der Waals surface area contributed by atoms with Gasteiger partial charge in [0.2, 0.25) is 0 Å². The van der Waals surface area contributed by atoms with Crippen LogP contribution in [0.15, 0.2) is 6.07 Å². The summed E-state index contributed by atoms with van der Waals surface area (Å²) in [6, 6.07) is 2.27. The number of hydrogen-bond donors (Lipinski definition) is 1. The first-order chi connectivity index (χ1) is 5.65. The van der Waals surface area contributed by atoms with Gasteiger partial charge >= 0.3 is 0 Å². The van der Waals surface area contributed by atoms with Crippen molar-refractivity contribution in [2.75, 3.05) is 0 Å². The van der Waals surface area contributed by atoms with Crippen molar-refractivity contribution in [3.05, 3.63) is 21.4 Å². The van der Waals surface area contributed by atoms with Crippen LogP contribution in [0.5, 0.6) is 0 Å². The van der Waals surface area contributed by atoms with Crippen LogP contribution in [0.4, 0.5) is 0 Å². The fraction of sp³-hybridized carbons (Fsp3) is 0.444. The van der Waals surface area contributed by atoms with E-state index >= 15 is 0 Å². The van der Waals surface area contributed by atoms with Crippen molar-refractivity contribution >= 4 is 11.3 Å². The maximum absolute atomic E-state index is 8.44. The van der Waals surface area contributed by atoms with Gasteiger partial charge in [-0.1, -0.05) is 0 Å². The Bertz CT molecular complexity index is 309. The van der Waals surface area contributed by atoms with Crippen LogP contribution in [-0.4, -0.2) is 0 Å². The summed E-state index contributed by atoms with van der Waals surface area (Å²) < 4.78 is 0. The maximum atomic E-state index is 8.44. The van der Waals surface area contributed by atoms with E-state index in [0.717, 1.165) is 0 Å². The van der Waals surface area contributed by atoms with Gasteiger partial charge in [-0.15, -0.1) is 11.3 Å². The Morgan fingerprint density at radius 1 is 1.58 bits per heavy atom. The van der Waals surface area contributed by atoms with E-state index in [4.69, 9.17) is 5.26 Å². The van der Waals surface area contributed by atoms with Crippen molar-refractivity contribution in [3.8, 4) is 6.19 Å². The fourth-order valence-electron chi connectivity index (χ4n) is 1.25. The second kappa shape index (κ2) is 3.59. The standard InChI is InChI=1S/C9H12N2S/c1-6-4-9(8(3)12-6)7(2)11-5-10/h4,7,11H,1-3H3. The second-order valence-electron chi connectivity index (χ2n) is 2.85. The van der Waals surface area contributed by atoms with Crippen molar-refractivity contribution in [2.24, 2.45) is 0 Å². The van der Waals surface area contributed by atoms with E-state index in [0.29, 0.717) is 0 Å². The van der Waals surface area contributed by atoms with Gasteiger partial charge in [0.1, 0.15) is 0 Å².